The van der Waals surface area contributed by atoms with Gasteiger partial charge in [0.05, 0.1) is 0 Å². The number of hydrogen-bond donors (Lipinski definition) is 1. The highest BCUT2D eigenvalue weighted by Crippen LogP contribution is 2.18. The molecule has 0 aliphatic heterocycles. The normalized spacial score (nSPS) is 11.9. The van der Waals surface area contributed by atoms with Gasteiger partial charge in [-0.1, -0.05) is 17.7 Å². The van der Waals surface area contributed by atoms with E-state index in [9.17, 15) is 4.79 Å². The van der Waals surface area contributed by atoms with E-state index in [1.54, 1.807) is 31.2 Å². The molecule has 0 aliphatic carbocycles. The standard InChI is InChI=1S/C11H14ClNO2/c1-3-13-11(14)8(2)15-10-6-4-5-9(12)7-10/h4-8H,3H2,1-2H3,(H,13,14). The molecule has 0 aliphatic rings. The summed E-state index contributed by atoms with van der Waals surface area (Å²) in [6.45, 7) is 4.16. The van der Waals surface area contributed by atoms with Crippen LogP contribution in [0.3, 0.4) is 0 Å². The summed E-state index contributed by atoms with van der Waals surface area (Å²) in [6, 6.07) is 6.98. The number of halogens is 1. The van der Waals surface area contributed by atoms with Gasteiger partial charge in [-0.3, -0.25) is 4.79 Å². The van der Waals surface area contributed by atoms with Crippen molar-refractivity contribution in [2.24, 2.45) is 0 Å². The van der Waals surface area contributed by atoms with Crippen LogP contribution in [0.4, 0.5) is 0 Å². The second-order valence-electron chi connectivity index (χ2n) is 3.11. The van der Waals surface area contributed by atoms with E-state index in [0.29, 0.717) is 17.3 Å². The fourth-order valence-electron chi connectivity index (χ4n) is 1.12. The van der Waals surface area contributed by atoms with Gasteiger partial charge in [-0.2, -0.15) is 0 Å². The first kappa shape index (κ1) is 11.9. The summed E-state index contributed by atoms with van der Waals surface area (Å²) in [5.41, 5.74) is 0. The molecule has 82 valence electrons. The van der Waals surface area contributed by atoms with Gasteiger partial charge in [-0.15, -0.1) is 0 Å². The molecule has 4 heteroatoms. The van der Waals surface area contributed by atoms with Gasteiger partial charge in [0.1, 0.15) is 5.75 Å². The van der Waals surface area contributed by atoms with Crippen LogP contribution in [0.25, 0.3) is 0 Å². The summed E-state index contributed by atoms with van der Waals surface area (Å²) in [5.74, 6) is 0.471. The Morgan fingerprint density at radius 1 is 1.60 bits per heavy atom. The fraction of sp³-hybridized carbons (Fsp3) is 0.364. The molecule has 15 heavy (non-hydrogen) atoms. The molecule has 0 spiro atoms. The Morgan fingerprint density at radius 2 is 2.33 bits per heavy atom. The first-order valence-corrected chi connectivity index (χ1v) is 5.21. The van der Waals surface area contributed by atoms with Crippen LogP contribution in [-0.2, 0) is 4.79 Å². The van der Waals surface area contributed by atoms with E-state index in [1.165, 1.54) is 0 Å². The van der Waals surface area contributed by atoms with Crippen LogP contribution >= 0.6 is 11.6 Å². The molecule has 1 rings (SSSR count). The van der Waals surface area contributed by atoms with Crippen molar-refractivity contribution in [2.45, 2.75) is 20.0 Å². The lowest BCUT2D eigenvalue weighted by Gasteiger charge is -2.13. The largest absolute Gasteiger partial charge is 0.481 e. The number of nitrogens with one attached hydrogen (secondary N) is 1. The molecule has 1 N–H and O–H groups in total. The number of carbonyl (C=O) groups is 1. The first-order valence-electron chi connectivity index (χ1n) is 4.83. The Hall–Kier alpha value is -1.22. The molecule has 1 amide bonds. The summed E-state index contributed by atoms with van der Waals surface area (Å²) < 4.78 is 5.41. The second kappa shape index (κ2) is 5.61. The minimum atomic E-state index is -0.511. The quantitative estimate of drug-likeness (QED) is 0.857. The third-order valence-electron chi connectivity index (χ3n) is 1.83. The van der Waals surface area contributed by atoms with Crippen LogP contribution < -0.4 is 10.1 Å². The number of carbonyl (C=O) groups excluding carboxylic acids is 1. The SMILES string of the molecule is CCNC(=O)C(C)Oc1cccc(Cl)c1. The van der Waals surface area contributed by atoms with Gasteiger partial charge in [0, 0.05) is 11.6 Å². The Kier molecular flexibility index (Phi) is 4.43. The van der Waals surface area contributed by atoms with Crippen LogP contribution in [0.15, 0.2) is 24.3 Å². The summed E-state index contributed by atoms with van der Waals surface area (Å²) in [6.07, 6.45) is -0.511. The van der Waals surface area contributed by atoms with Gasteiger partial charge in [0.15, 0.2) is 6.10 Å². The molecule has 0 saturated heterocycles. The molecule has 1 atom stereocenters. The van der Waals surface area contributed by atoms with Gasteiger partial charge in [-0.25, -0.2) is 0 Å². The predicted octanol–water partition coefficient (Wildman–Crippen LogP) is 2.24. The monoisotopic (exact) mass is 227 g/mol. The van der Waals surface area contributed by atoms with Crippen molar-refractivity contribution < 1.29 is 9.53 Å². The van der Waals surface area contributed by atoms with Gasteiger partial charge in [-0.05, 0) is 32.0 Å². The van der Waals surface area contributed by atoms with E-state index in [0.717, 1.165) is 0 Å². The van der Waals surface area contributed by atoms with Crippen LogP contribution in [0, 0.1) is 0 Å². The zero-order valence-electron chi connectivity index (χ0n) is 8.79. The third-order valence-corrected chi connectivity index (χ3v) is 2.06. The number of hydrogen-bond acceptors (Lipinski definition) is 2. The molecule has 0 fully saturated rings. The molecule has 0 aromatic heterocycles. The molecule has 0 saturated carbocycles. The highest BCUT2D eigenvalue weighted by Gasteiger charge is 2.13. The Labute approximate surface area is 94.4 Å². The summed E-state index contributed by atoms with van der Waals surface area (Å²) >= 11 is 5.79. The average Bonchev–Trinajstić information content (AvgIpc) is 2.18. The molecule has 0 radical (unpaired) electrons. The van der Waals surface area contributed by atoms with Gasteiger partial charge >= 0.3 is 0 Å². The number of likely N-dealkylation sites (N-methyl/N-ethyl adjacent to an activating group) is 1. The number of benzene rings is 1. The lowest BCUT2D eigenvalue weighted by Crippen LogP contribution is -2.36. The van der Waals surface area contributed by atoms with Crippen molar-refractivity contribution in [3.8, 4) is 5.75 Å². The van der Waals surface area contributed by atoms with Crippen LogP contribution in [0.5, 0.6) is 5.75 Å². The molecule has 1 unspecified atom stereocenters. The molecule has 1 aromatic carbocycles. The minimum absolute atomic E-state index is 0.127. The van der Waals surface area contributed by atoms with E-state index in [4.69, 9.17) is 16.3 Å². The third kappa shape index (κ3) is 3.80. The van der Waals surface area contributed by atoms with Crippen molar-refractivity contribution in [1.82, 2.24) is 5.32 Å². The van der Waals surface area contributed by atoms with Crippen molar-refractivity contribution in [2.75, 3.05) is 6.54 Å². The summed E-state index contributed by atoms with van der Waals surface area (Å²) in [7, 11) is 0. The minimum Gasteiger partial charge on any atom is -0.481 e. The average molecular weight is 228 g/mol. The Bertz CT molecular complexity index is 341. The van der Waals surface area contributed by atoms with Crippen molar-refractivity contribution in [3.05, 3.63) is 29.3 Å². The maximum absolute atomic E-state index is 11.4. The van der Waals surface area contributed by atoms with Crippen molar-refractivity contribution in [3.63, 3.8) is 0 Å². The number of amides is 1. The van der Waals surface area contributed by atoms with Crippen molar-refractivity contribution in [1.29, 1.82) is 0 Å². The Balaban J connectivity index is 2.58. The smallest absolute Gasteiger partial charge is 0.260 e. The van der Waals surface area contributed by atoms with Crippen LogP contribution in [0.1, 0.15) is 13.8 Å². The van der Waals surface area contributed by atoms with Gasteiger partial charge in [0.25, 0.3) is 5.91 Å². The van der Waals surface area contributed by atoms with E-state index in [1.807, 2.05) is 6.92 Å². The van der Waals surface area contributed by atoms with Gasteiger partial charge < -0.3 is 10.1 Å². The summed E-state index contributed by atoms with van der Waals surface area (Å²) in [4.78, 5) is 11.4. The zero-order valence-corrected chi connectivity index (χ0v) is 9.54. The zero-order chi connectivity index (χ0) is 11.3. The number of rotatable bonds is 4. The van der Waals surface area contributed by atoms with Crippen molar-refractivity contribution >= 4 is 17.5 Å². The second-order valence-corrected chi connectivity index (χ2v) is 3.55. The Morgan fingerprint density at radius 3 is 2.93 bits per heavy atom. The fourth-order valence-corrected chi connectivity index (χ4v) is 1.30. The van der Waals surface area contributed by atoms with E-state index in [2.05, 4.69) is 5.32 Å². The topological polar surface area (TPSA) is 38.3 Å². The molecule has 0 heterocycles. The van der Waals surface area contributed by atoms with E-state index in [-0.39, 0.29) is 5.91 Å². The predicted molar refractivity (Wildman–Crippen MR) is 60.2 cm³/mol. The maximum atomic E-state index is 11.4. The van der Waals surface area contributed by atoms with E-state index >= 15 is 0 Å². The highest BCUT2D eigenvalue weighted by atomic mass is 35.5. The summed E-state index contributed by atoms with van der Waals surface area (Å²) in [5, 5.41) is 3.28. The molecule has 0 bridgehead atoms. The molecule has 3 nitrogen and oxygen atoms in total. The highest BCUT2D eigenvalue weighted by molar-refractivity contribution is 6.30. The van der Waals surface area contributed by atoms with E-state index < -0.39 is 6.10 Å². The number of ether oxygens (including phenoxy) is 1. The maximum Gasteiger partial charge on any atom is 0.260 e. The molecular formula is C11H14ClNO2. The van der Waals surface area contributed by atoms with Gasteiger partial charge in [0.2, 0.25) is 0 Å². The lowest BCUT2D eigenvalue weighted by molar-refractivity contribution is -0.127. The molecular weight excluding hydrogens is 214 g/mol. The van der Waals surface area contributed by atoms with Crippen LogP contribution in [-0.4, -0.2) is 18.6 Å². The first-order chi connectivity index (χ1) is 7.13. The molecule has 1 aromatic rings. The van der Waals surface area contributed by atoms with Crippen LogP contribution in [0.2, 0.25) is 5.02 Å². The lowest BCUT2D eigenvalue weighted by atomic mass is 10.3.